The molecule has 0 bridgehead atoms. The molecule has 1 N–H and O–H groups in total. The molecule has 1 amide bonds. The Hall–Kier alpha value is -4.18. The maximum atomic E-state index is 13.3. The van der Waals surface area contributed by atoms with Gasteiger partial charge in [0.2, 0.25) is 0 Å². The van der Waals surface area contributed by atoms with Gasteiger partial charge in [-0.05, 0) is 67.4 Å². The first-order valence-corrected chi connectivity index (χ1v) is 11.3. The summed E-state index contributed by atoms with van der Waals surface area (Å²) in [5.41, 5.74) is 4.12. The summed E-state index contributed by atoms with van der Waals surface area (Å²) in [5.74, 6) is -0.634. The zero-order valence-electron chi connectivity index (χ0n) is 19.3. The van der Waals surface area contributed by atoms with Crippen molar-refractivity contribution < 1.29 is 9.18 Å². The highest BCUT2D eigenvalue weighted by atomic mass is 19.1. The van der Waals surface area contributed by atoms with Gasteiger partial charge in [0.05, 0.1) is 34.6 Å². The van der Waals surface area contributed by atoms with Crippen LogP contribution in [0.4, 0.5) is 10.1 Å². The second-order valence-electron chi connectivity index (χ2n) is 8.03. The second-order valence-corrected chi connectivity index (χ2v) is 8.03. The van der Waals surface area contributed by atoms with Crippen molar-refractivity contribution in [1.82, 2.24) is 15.1 Å². The molecule has 34 heavy (non-hydrogen) atoms. The lowest BCUT2D eigenvalue weighted by Gasteiger charge is -2.22. The molecule has 6 nitrogen and oxygen atoms in total. The van der Waals surface area contributed by atoms with Crippen molar-refractivity contribution in [3.8, 4) is 11.8 Å². The van der Waals surface area contributed by atoms with E-state index in [2.05, 4.69) is 47.4 Å². The highest BCUT2D eigenvalue weighted by Gasteiger charge is 2.16. The average molecular weight is 456 g/mol. The van der Waals surface area contributed by atoms with E-state index in [9.17, 15) is 14.4 Å². The van der Waals surface area contributed by atoms with Gasteiger partial charge in [-0.15, -0.1) is 0 Å². The zero-order valence-corrected chi connectivity index (χ0v) is 19.3. The summed E-state index contributed by atoms with van der Waals surface area (Å²) in [4.78, 5) is 15.4. The summed E-state index contributed by atoms with van der Waals surface area (Å²) in [5, 5.41) is 17.5. The molecule has 0 fully saturated rings. The molecular formula is C27H26FN5O. The van der Waals surface area contributed by atoms with Crippen LogP contribution < -0.4 is 10.2 Å². The van der Waals surface area contributed by atoms with Crippen LogP contribution in [0.2, 0.25) is 0 Å². The van der Waals surface area contributed by atoms with Crippen molar-refractivity contribution in [1.29, 1.82) is 5.26 Å². The molecule has 0 spiro atoms. The number of halogens is 1. The van der Waals surface area contributed by atoms with Crippen LogP contribution in [0.1, 0.15) is 41.8 Å². The summed E-state index contributed by atoms with van der Waals surface area (Å²) >= 11 is 0. The Bertz CT molecular complexity index is 1340. The fourth-order valence-corrected chi connectivity index (χ4v) is 4.01. The zero-order chi connectivity index (χ0) is 24.1. The van der Waals surface area contributed by atoms with Gasteiger partial charge < -0.3 is 10.2 Å². The monoisotopic (exact) mass is 455 g/mol. The van der Waals surface area contributed by atoms with Gasteiger partial charge in [-0.2, -0.15) is 10.4 Å². The molecule has 4 aromatic rings. The summed E-state index contributed by atoms with van der Waals surface area (Å²) in [6, 6.07) is 19.4. The van der Waals surface area contributed by atoms with Crippen LogP contribution in [0.3, 0.4) is 0 Å². The second kappa shape index (κ2) is 10.2. The molecule has 4 rings (SSSR count). The van der Waals surface area contributed by atoms with Crippen LogP contribution in [0.5, 0.6) is 0 Å². The molecule has 0 radical (unpaired) electrons. The Morgan fingerprint density at radius 3 is 2.50 bits per heavy atom. The number of fused-ring (bicyclic) bond motifs is 1. The predicted molar refractivity (Wildman–Crippen MR) is 132 cm³/mol. The molecule has 0 atom stereocenters. The molecule has 7 heteroatoms. The van der Waals surface area contributed by atoms with Crippen molar-refractivity contribution in [3.63, 3.8) is 0 Å². The van der Waals surface area contributed by atoms with E-state index in [4.69, 9.17) is 0 Å². The molecule has 1 aromatic heterocycles. The van der Waals surface area contributed by atoms with Crippen molar-refractivity contribution >= 4 is 22.5 Å². The normalized spacial score (nSPS) is 10.8. The number of carbonyl (C=O) groups is 1. The van der Waals surface area contributed by atoms with E-state index >= 15 is 0 Å². The number of carbonyl (C=O) groups excluding carboxylic acids is 1. The van der Waals surface area contributed by atoms with E-state index in [0.717, 1.165) is 30.8 Å². The number of nitriles is 1. The maximum Gasteiger partial charge on any atom is 0.252 e. The molecule has 3 aromatic carbocycles. The summed E-state index contributed by atoms with van der Waals surface area (Å²) < 4.78 is 14.9. The van der Waals surface area contributed by atoms with Crippen LogP contribution in [0.25, 0.3) is 16.6 Å². The number of hydrogen-bond acceptors (Lipinski definition) is 4. The Kier molecular flexibility index (Phi) is 6.88. The lowest BCUT2D eigenvalue weighted by Crippen LogP contribution is -2.24. The molecular weight excluding hydrogens is 429 g/mol. The highest BCUT2D eigenvalue weighted by Crippen LogP contribution is 2.24. The van der Waals surface area contributed by atoms with Crippen LogP contribution in [0, 0.1) is 17.1 Å². The number of nitrogens with one attached hydrogen (secondary N) is 1. The number of aromatic nitrogens is 2. The summed E-state index contributed by atoms with van der Waals surface area (Å²) in [7, 11) is 0. The molecule has 172 valence electrons. The van der Waals surface area contributed by atoms with E-state index in [-0.39, 0.29) is 11.7 Å². The Morgan fingerprint density at radius 1 is 1.12 bits per heavy atom. The topological polar surface area (TPSA) is 74.0 Å². The van der Waals surface area contributed by atoms with Crippen LogP contribution in [0.15, 0.2) is 66.9 Å². The minimum absolute atomic E-state index is 0.286. The average Bonchev–Trinajstić information content (AvgIpc) is 3.30. The van der Waals surface area contributed by atoms with Gasteiger partial charge in [0, 0.05) is 30.7 Å². The predicted octanol–water partition coefficient (Wildman–Crippen LogP) is 5.20. The van der Waals surface area contributed by atoms with Crippen molar-refractivity contribution in [2.24, 2.45) is 0 Å². The van der Waals surface area contributed by atoms with E-state index in [1.54, 1.807) is 35.1 Å². The van der Waals surface area contributed by atoms with Crippen molar-refractivity contribution in [2.45, 2.75) is 26.8 Å². The lowest BCUT2D eigenvalue weighted by molar-refractivity contribution is 0.0952. The SMILES string of the molecule is CCCN(CC)c1ccc(CNC(=O)c2cc(C#N)cc3c2cnn3-c2ccc(F)cc2)cc1. The Morgan fingerprint density at radius 2 is 1.85 bits per heavy atom. The van der Waals surface area contributed by atoms with Gasteiger partial charge in [0.25, 0.3) is 5.91 Å². The number of amides is 1. The van der Waals surface area contributed by atoms with Crippen molar-refractivity contribution in [2.75, 3.05) is 18.0 Å². The van der Waals surface area contributed by atoms with Gasteiger partial charge in [-0.25, -0.2) is 9.07 Å². The first-order chi connectivity index (χ1) is 16.5. The maximum absolute atomic E-state index is 13.3. The highest BCUT2D eigenvalue weighted by molar-refractivity contribution is 6.07. The van der Waals surface area contributed by atoms with Crippen LogP contribution >= 0.6 is 0 Å². The van der Waals surface area contributed by atoms with Gasteiger partial charge >= 0.3 is 0 Å². The number of rotatable bonds is 8. The molecule has 0 aliphatic heterocycles. The lowest BCUT2D eigenvalue weighted by atomic mass is 10.1. The van der Waals surface area contributed by atoms with E-state index in [1.165, 1.54) is 12.1 Å². The van der Waals surface area contributed by atoms with Crippen LogP contribution in [-0.2, 0) is 6.54 Å². The minimum Gasteiger partial charge on any atom is -0.372 e. The van der Waals surface area contributed by atoms with Crippen molar-refractivity contribution in [3.05, 3.63) is 89.4 Å². The molecule has 1 heterocycles. The quantitative estimate of drug-likeness (QED) is 0.396. The first kappa shape index (κ1) is 23.0. The summed E-state index contributed by atoms with van der Waals surface area (Å²) in [6.45, 7) is 6.61. The minimum atomic E-state index is -0.348. The molecule has 0 aliphatic rings. The molecule has 0 saturated heterocycles. The third-order valence-electron chi connectivity index (χ3n) is 5.76. The molecule has 0 aliphatic carbocycles. The number of hydrogen-bond donors (Lipinski definition) is 1. The standard InChI is InChI=1S/C27H26FN5O/c1-3-13-32(4-2)22-9-5-19(6-10-22)17-30-27(34)24-14-20(16-29)15-26-25(24)18-31-33(26)23-11-7-21(28)8-12-23/h5-12,14-15,18H,3-4,13,17H2,1-2H3,(H,30,34). The smallest absolute Gasteiger partial charge is 0.252 e. The number of nitrogens with zero attached hydrogens (tertiary/aromatic N) is 4. The third-order valence-corrected chi connectivity index (χ3v) is 5.76. The fraction of sp³-hybridized carbons (Fsp3) is 0.222. The van der Waals surface area contributed by atoms with Gasteiger partial charge in [-0.3, -0.25) is 4.79 Å². The van der Waals surface area contributed by atoms with Gasteiger partial charge in [-0.1, -0.05) is 19.1 Å². The number of anilines is 1. The Balaban J connectivity index is 1.57. The number of benzene rings is 3. The summed E-state index contributed by atoms with van der Waals surface area (Å²) in [6.07, 6.45) is 2.68. The first-order valence-electron chi connectivity index (χ1n) is 11.3. The molecule has 0 unspecified atom stereocenters. The molecule has 0 saturated carbocycles. The largest absolute Gasteiger partial charge is 0.372 e. The Labute approximate surface area is 198 Å². The van der Waals surface area contributed by atoms with Gasteiger partial charge in [0.1, 0.15) is 5.82 Å². The van der Waals surface area contributed by atoms with E-state index in [0.29, 0.717) is 34.3 Å². The fourth-order valence-electron chi connectivity index (χ4n) is 4.01. The van der Waals surface area contributed by atoms with Gasteiger partial charge in [0.15, 0.2) is 0 Å². The van der Waals surface area contributed by atoms with Crippen LogP contribution in [-0.4, -0.2) is 28.8 Å². The van der Waals surface area contributed by atoms with E-state index < -0.39 is 0 Å². The third kappa shape index (κ3) is 4.76. The van der Waals surface area contributed by atoms with E-state index in [1.807, 2.05) is 12.1 Å².